The quantitative estimate of drug-likeness (QED) is 0.722. The first kappa shape index (κ1) is 11.7. The van der Waals surface area contributed by atoms with Gasteiger partial charge in [-0.25, -0.2) is 0 Å². The van der Waals surface area contributed by atoms with Gasteiger partial charge in [0.2, 0.25) is 0 Å². The van der Waals surface area contributed by atoms with Crippen LogP contribution in [0.4, 0.5) is 0 Å². The number of carbonyl (C=O) groups excluding carboxylic acids is 1. The average molecular weight is 254 g/mol. The molecule has 0 aliphatic heterocycles. The Kier molecular flexibility index (Phi) is 2.43. The monoisotopic (exact) mass is 254 g/mol. The van der Waals surface area contributed by atoms with E-state index in [1.807, 2.05) is 12.1 Å². The lowest BCUT2D eigenvalue weighted by atomic mass is 9.63. The van der Waals surface area contributed by atoms with E-state index in [-0.39, 0.29) is 0 Å². The molecule has 3 aliphatic rings. The Bertz CT molecular complexity index is 499. The molecule has 4 rings (SSSR count). The van der Waals surface area contributed by atoms with E-state index in [4.69, 9.17) is 0 Å². The molecule has 0 spiro atoms. The van der Waals surface area contributed by atoms with E-state index in [0.717, 1.165) is 35.5 Å². The van der Waals surface area contributed by atoms with Crippen LogP contribution >= 0.6 is 0 Å². The van der Waals surface area contributed by atoms with Crippen molar-refractivity contribution in [2.75, 3.05) is 0 Å². The van der Waals surface area contributed by atoms with Gasteiger partial charge in [0, 0.05) is 5.56 Å². The SMILES string of the molecule is CC1CC2CC3CC(c4ccc(C=O)cc4)(C1)CC23. The molecule has 1 aromatic carbocycles. The van der Waals surface area contributed by atoms with Crippen LogP contribution in [-0.4, -0.2) is 6.29 Å². The standard InChI is InChI=1S/C18H22O/c1-12-6-14-7-15-9-18(8-12,10-17(14)15)16-4-2-13(11-19)3-5-16/h2-5,11-12,14-15,17H,6-10H2,1H3. The second-order valence-electron chi connectivity index (χ2n) is 7.39. The Labute approximate surface area is 115 Å². The number of rotatable bonds is 2. The Morgan fingerprint density at radius 1 is 1.05 bits per heavy atom. The lowest BCUT2D eigenvalue weighted by Gasteiger charge is -2.42. The van der Waals surface area contributed by atoms with E-state index in [9.17, 15) is 4.79 Å². The molecule has 3 fully saturated rings. The lowest BCUT2D eigenvalue weighted by Crippen LogP contribution is -2.34. The molecule has 5 unspecified atom stereocenters. The minimum Gasteiger partial charge on any atom is -0.298 e. The highest BCUT2D eigenvalue weighted by Crippen LogP contribution is 2.64. The summed E-state index contributed by atoms with van der Waals surface area (Å²) in [5.74, 6) is 3.90. The molecule has 3 aliphatic carbocycles. The van der Waals surface area contributed by atoms with Crippen LogP contribution < -0.4 is 0 Å². The van der Waals surface area contributed by atoms with Gasteiger partial charge in [0.15, 0.2) is 0 Å². The van der Waals surface area contributed by atoms with Gasteiger partial charge in [-0.3, -0.25) is 4.79 Å². The fraction of sp³-hybridized carbons (Fsp3) is 0.611. The van der Waals surface area contributed by atoms with Gasteiger partial charge in [0.05, 0.1) is 0 Å². The first-order chi connectivity index (χ1) is 9.20. The molecule has 0 N–H and O–H groups in total. The molecule has 0 amide bonds. The Hall–Kier alpha value is -1.11. The van der Waals surface area contributed by atoms with Crippen LogP contribution in [0.1, 0.15) is 54.9 Å². The van der Waals surface area contributed by atoms with Crippen molar-refractivity contribution in [2.45, 2.75) is 44.4 Å². The van der Waals surface area contributed by atoms with Gasteiger partial charge in [-0.1, -0.05) is 31.2 Å². The largest absolute Gasteiger partial charge is 0.298 e. The summed E-state index contributed by atoms with van der Waals surface area (Å²) >= 11 is 0. The zero-order valence-corrected chi connectivity index (χ0v) is 11.6. The third-order valence-electron chi connectivity index (χ3n) is 6.20. The van der Waals surface area contributed by atoms with Gasteiger partial charge in [-0.15, -0.1) is 0 Å². The second kappa shape index (κ2) is 3.94. The Morgan fingerprint density at radius 2 is 1.84 bits per heavy atom. The van der Waals surface area contributed by atoms with Gasteiger partial charge in [-0.05, 0) is 66.8 Å². The van der Waals surface area contributed by atoms with E-state index in [2.05, 4.69) is 19.1 Å². The second-order valence-corrected chi connectivity index (χ2v) is 7.39. The highest BCUT2D eigenvalue weighted by Gasteiger charge is 2.56. The van der Waals surface area contributed by atoms with Crippen molar-refractivity contribution in [3.05, 3.63) is 35.4 Å². The van der Waals surface area contributed by atoms with Crippen LogP contribution in [-0.2, 0) is 5.41 Å². The first-order valence-electron chi connectivity index (χ1n) is 7.76. The molecule has 5 atom stereocenters. The molecule has 100 valence electrons. The third kappa shape index (κ3) is 1.63. The van der Waals surface area contributed by atoms with E-state index in [1.165, 1.54) is 37.7 Å². The number of hydrogen-bond acceptors (Lipinski definition) is 1. The Balaban J connectivity index is 1.72. The van der Waals surface area contributed by atoms with Crippen LogP contribution in [0.5, 0.6) is 0 Å². The molecule has 0 heterocycles. The maximum absolute atomic E-state index is 10.8. The summed E-state index contributed by atoms with van der Waals surface area (Å²) in [6.07, 6.45) is 8.06. The van der Waals surface area contributed by atoms with Gasteiger partial charge in [0.25, 0.3) is 0 Å². The van der Waals surface area contributed by atoms with Crippen molar-refractivity contribution in [2.24, 2.45) is 23.7 Å². The number of aldehydes is 1. The van der Waals surface area contributed by atoms with E-state index in [1.54, 1.807) is 0 Å². The molecule has 3 saturated carbocycles. The number of carbonyl (C=O) groups is 1. The third-order valence-corrected chi connectivity index (χ3v) is 6.20. The molecular weight excluding hydrogens is 232 g/mol. The number of benzene rings is 1. The summed E-state index contributed by atoms with van der Waals surface area (Å²) in [5.41, 5.74) is 2.74. The topological polar surface area (TPSA) is 17.1 Å². The maximum atomic E-state index is 10.8. The van der Waals surface area contributed by atoms with Crippen molar-refractivity contribution in [3.8, 4) is 0 Å². The van der Waals surface area contributed by atoms with E-state index < -0.39 is 0 Å². The molecule has 1 aromatic rings. The van der Waals surface area contributed by atoms with Crippen molar-refractivity contribution in [3.63, 3.8) is 0 Å². The summed E-state index contributed by atoms with van der Waals surface area (Å²) < 4.78 is 0. The van der Waals surface area contributed by atoms with E-state index >= 15 is 0 Å². The summed E-state index contributed by atoms with van der Waals surface area (Å²) in [4.78, 5) is 10.8. The van der Waals surface area contributed by atoms with Crippen molar-refractivity contribution >= 4 is 6.29 Å². The predicted molar refractivity (Wildman–Crippen MR) is 76.2 cm³/mol. The zero-order valence-electron chi connectivity index (χ0n) is 11.6. The molecule has 19 heavy (non-hydrogen) atoms. The number of hydrogen-bond donors (Lipinski definition) is 0. The van der Waals surface area contributed by atoms with Crippen LogP contribution in [0.2, 0.25) is 0 Å². The highest BCUT2D eigenvalue weighted by atomic mass is 16.1. The summed E-state index contributed by atoms with van der Waals surface area (Å²) in [6, 6.07) is 8.46. The van der Waals surface area contributed by atoms with Crippen LogP contribution in [0.3, 0.4) is 0 Å². The van der Waals surface area contributed by atoms with Crippen LogP contribution in [0.25, 0.3) is 0 Å². The molecule has 0 saturated heterocycles. The lowest BCUT2D eigenvalue weighted by molar-refractivity contribution is 0.0780. The minimum atomic E-state index is 0.432. The summed E-state index contributed by atoms with van der Waals surface area (Å²) in [6.45, 7) is 2.44. The predicted octanol–water partition coefficient (Wildman–Crippen LogP) is 4.21. The first-order valence-corrected chi connectivity index (χ1v) is 7.76. The average Bonchev–Trinajstić information content (AvgIpc) is 2.63. The van der Waals surface area contributed by atoms with Crippen molar-refractivity contribution < 1.29 is 4.79 Å². The van der Waals surface area contributed by atoms with E-state index in [0.29, 0.717) is 5.41 Å². The molecule has 1 nitrogen and oxygen atoms in total. The smallest absolute Gasteiger partial charge is 0.150 e. The van der Waals surface area contributed by atoms with Gasteiger partial charge in [0.1, 0.15) is 6.29 Å². The van der Waals surface area contributed by atoms with Crippen LogP contribution in [0.15, 0.2) is 24.3 Å². The summed E-state index contributed by atoms with van der Waals surface area (Å²) in [7, 11) is 0. The molecule has 0 radical (unpaired) electrons. The van der Waals surface area contributed by atoms with Gasteiger partial charge < -0.3 is 0 Å². The molecule has 2 bridgehead atoms. The van der Waals surface area contributed by atoms with Crippen molar-refractivity contribution in [1.29, 1.82) is 0 Å². The highest BCUT2D eigenvalue weighted by molar-refractivity contribution is 5.74. The molecule has 0 aromatic heterocycles. The summed E-state index contributed by atoms with van der Waals surface area (Å²) in [5, 5.41) is 0. The normalized spacial score (nSPS) is 43.4. The maximum Gasteiger partial charge on any atom is 0.150 e. The van der Waals surface area contributed by atoms with Crippen molar-refractivity contribution in [1.82, 2.24) is 0 Å². The van der Waals surface area contributed by atoms with Gasteiger partial charge >= 0.3 is 0 Å². The van der Waals surface area contributed by atoms with Gasteiger partial charge in [-0.2, -0.15) is 0 Å². The molecule has 1 heteroatoms. The zero-order chi connectivity index (χ0) is 13.0. The van der Waals surface area contributed by atoms with Crippen LogP contribution in [0, 0.1) is 23.7 Å². The molecular formula is C18H22O. The Morgan fingerprint density at radius 3 is 2.58 bits per heavy atom. The fourth-order valence-corrected chi connectivity index (χ4v) is 5.51. The minimum absolute atomic E-state index is 0.432. The fourth-order valence-electron chi connectivity index (χ4n) is 5.51. The number of fused-ring (bicyclic) bond motifs is 1.